The lowest BCUT2D eigenvalue weighted by atomic mass is 10.2. The van der Waals surface area contributed by atoms with Crippen LogP contribution in [0.25, 0.3) is 0 Å². The number of nitrogens with two attached hydrogens (primary N) is 1. The van der Waals surface area contributed by atoms with Crippen LogP contribution < -0.4 is 21.7 Å². The molecular formula is C9H12N4O7S. The Kier molecular flexibility index (Phi) is 4.99. The largest absolute Gasteiger partial charge is 0.480 e. The van der Waals surface area contributed by atoms with Crippen LogP contribution >= 0.6 is 0 Å². The summed E-state index contributed by atoms with van der Waals surface area (Å²) >= 11 is 0. The van der Waals surface area contributed by atoms with Crippen LogP contribution in [-0.2, 0) is 19.6 Å². The quantitative estimate of drug-likeness (QED) is 0.354. The van der Waals surface area contributed by atoms with Crippen LogP contribution in [0.4, 0.5) is 0 Å². The number of sulfonamides is 1. The van der Waals surface area contributed by atoms with Crippen molar-refractivity contribution in [3.8, 4) is 0 Å². The lowest BCUT2D eigenvalue weighted by Gasteiger charge is -2.13. The van der Waals surface area contributed by atoms with Crippen LogP contribution in [0.5, 0.6) is 0 Å². The normalized spacial score (nSPS) is 12.8. The van der Waals surface area contributed by atoms with Crippen molar-refractivity contribution in [2.24, 2.45) is 5.73 Å². The van der Waals surface area contributed by atoms with Crippen molar-refractivity contribution >= 4 is 21.9 Å². The van der Waals surface area contributed by atoms with Gasteiger partial charge in [-0.05, 0) is 6.42 Å². The van der Waals surface area contributed by atoms with Gasteiger partial charge in [0.2, 0.25) is 15.9 Å². The number of amides is 1. The molecule has 1 rings (SSSR count). The Hall–Kier alpha value is -2.47. The summed E-state index contributed by atoms with van der Waals surface area (Å²) in [4.78, 5) is 46.5. The molecule has 0 aromatic carbocycles. The zero-order valence-corrected chi connectivity index (χ0v) is 11.3. The summed E-state index contributed by atoms with van der Waals surface area (Å²) in [6.45, 7) is 0. The number of carbonyl (C=O) groups excluding carboxylic acids is 1. The van der Waals surface area contributed by atoms with Gasteiger partial charge < -0.3 is 15.8 Å². The van der Waals surface area contributed by atoms with E-state index in [-0.39, 0.29) is 12.8 Å². The second-order valence-electron chi connectivity index (χ2n) is 3.95. The first-order valence-electron chi connectivity index (χ1n) is 5.49. The van der Waals surface area contributed by atoms with Crippen molar-refractivity contribution in [3.63, 3.8) is 0 Å². The monoisotopic (exact) mass is 320 g/mol. The number of primary amides is 1. The molecule has 0 aliphatic carbocycles. The smallest absolute Gasteiger partial charge is 0.325 e. The van der Waals surface area contributed by atoms with Crippen molar-refractivity contribution in [2.75, 3.05) is 0 Å². The first-order chi connectivity index (χ1) is 9.63. The molecule has 21 heavy (non-hydrogen) atoms. The van der Waals surface area contributed by atoms with Crippen LogP contribution in [0.3, 0.4) is 0 Å². The molecule has 1 atom stereocenters. The number of aromatic nitrogens is 2. The fourth-order valence-corrected chi connectivity index (χ4v) is 2.60. The number of carbonyl (C=O) groups is 2. The van der Waals surface area contributed by atoms with Crippen molar-refractivity contribution < 1.29 is 23.1 Å². The SMILES string of the molecule is NC(=O)CCC(NS(=O)(=O)c1c[nH]c(=O)[nH]c1=O)C(=O)O. The van der Waals surface area contributed by atoms with E-state index in [2.05, 4.69) is 0 Å². The zero-order chi connectivity index (χ0) is 16.2. The molecule has 1 aromatic heterocycles. The van der Waals surface area contributed by atoms with Gasteiger partial charge in [0.1, 0.15) is 6.04 Å². The minimum atomic E-state index is -4.50. The van der Waals surface area contributed by atoms with Gasteiger partial charge in [-0.2, -0.15) is 4.72 Å². The van der Waals surface area contributed by atoms with Gasteiger partial charge in [0.25, 0.3) is 5.56 Å². The van der Waals surface area contributed by atoms with Crippen LogP contribution in [-0.4, -0.2) is 41.4 Å². The number of H-pyrrole nitrogens is 2. The molecule has 0 saturated heterocycles. The highest BCUT2D eigenvalue weighted by Crippen LogP contribution is 2.04. The Balaban J connectivity index is 3.06. The van der Waals surface area contributed by atoms with Crippen LogP contribution in [0.15, 0.2) is 20.7 Å². The van der Waals surface area contributed by atoms with E-state index >= 15 is 0 Å². The van der Waals surface area contributed by atoms with E-state index in [1.807, 2.05) is 4.98 Å². The molecule has 11 nitrogen and oxygen atoms in total. The highest BCUT2D eigenvalue weighted by molar-refractivity contribution is 7.89. The Morgan fingerprint density at radius 2 is 2.00 bits per heavy atom. The predicted octanol–water partition coefficient (Wildman–Crippen LogP) is -2.94. The molecule has 0 saturated carbocycles. The number of carboxylic acid groups (broad SMARTS) is 1. The van der Waals surface area contributed by atoms with Gasteiger partial charge in [0.05, 0.1) is 0 Å². The van der Waals surface area contributed by atoms with Gasteiger partial charge in [0.15, 0.2) is 4.90 Å². The summed E-state index contributed by atoms with van der Waals surface area (Å²) in [7, 11) is -4.50. The molecule has 0 aliphatic heterocycles. The molecule has 116 valence electrons. The lowest BCUT2D eigenvalue weighted by molar-refractivity contribution is -0.139. The Labute approximate surface area is 117 Å². The first-order valence-corrected chi connectivity index (χ1v) is 6.97. The van der Waals surface area contributed by atoms with E-state index in [9.17, 15) is 27.6 Å². The fourth-order valence-electron chi connectivity index (χ4n) is 1.37. The van der Waals surface area contributed by atoms with E-state index in [0.717, 1.165) is 0 Å². The van der Waals surface area contributed by atoms with Crippen molar-refractivity contribution in [3.05, 3.63) is 27.0 Å². The van der Waals surface area contributed by atoms with Gasteiger partial charge in [0, 0.05) is 12.6 Å². The van der Waals surface area contributed by atoms with E-state index in [1.54, 1.807) is 9.71 Å². The van der Waals surface area contributed by atoms with Crippen molar-refractivity contribution in [2.45, 2.75) is 23.8 Å². The van der Waals surface area contributed by atoms with Gasteiger partial charge in [-0.3, -0.25) is 19.4 Å². The summed E-state index contributed by atoms with van der Waals surface area (Å²) in [6, 6.07) is -1.64. The summed E-state index contributed by atoms with van der Waals surface area (Å²) < 4.78 is 25.5. The van der Waals surface area contributed by atoms with Crippen molar-refractivity contribution in [1.29, 1.82) is 0 Å². The second-order valence-corrected chi connectivity index (χ2v) is 5.64. The van der Waals surface area contributed by atoms with Gasteiger partial charge >= 0.3 is 11.7 Å². The highest BCUT2D eigenvalue weighted by atomic mass is 32.2. The molecule has 0 fully saturated rings. The van der Waals surface area contributed by atoms with E-state index < -0.39 is 44.1 Å². The molecular weight excluding hydrogens is 308 g/mol. The zero-order valence-electron chi connectivity index (χ0n) is 10.5. The van der Waals surface area contributed by atoms with Gasteiger partial charge in [-0.15, -0.1) is 0 Å². The Morgan fingerprint density at radius 1 is 1.38 bits per heavy atom. The molecule has 0 spiro atoms. The summed E-state index contributed by atoms with van der Waals surface area (Å²) in [5.74, 6) is -2.34. The fraction of sp³-hybridized carbons (Fsp3) is 0.333. The minimum Gasteiger partial charge on any atom is -0.480 e. The first kappa shape index (κ1) is 16.6. The topological polar surface area (TPSA) is 192 Å². The van der Waals surface area contributed by atoms with Crippen LogP contribution in [0.2, 0.25) is 0 Å². The number of carboxylic acids is 1. The minimum absolute atomic E-state index is 0.360. The van der Waals surface area contributed by atoms with E-state index in [1.165, 1.54) is 0 Å². The predicted molar refractivity (Wildman–Crippen MR) is 67.9 cm³/mol. The maximum Gasteiger partial charge on any atom is 0.325 e. The van der Waals surface area contributed by atoms with E-state index in [0.29, 0.717) is 6.20 Å². The number of rotatable bonds is 7. The third-order valence-corrected chi connectivity index (χ3v) is 3.83. The molecule has 1 heterocycles. The molecule has 0 bridgehead atoms. The molecule has 0 aliphatic rings. The molecule has 6 N–H and O–H groups in total. The average molecular weight is 320 g/mol. The molecule has 1 unspecified atom stereocenters. The number of nitrogens with one attached hydrogen (secondary N) is 3. The standard InChI is InChI=1S/C9H12N4O7S/c10-6(14)2-1-4(8(16)17)13-21(19,20)5-3-11-9(18)12-7(5)15/h3-4,13H,1-2H2,(H2,10,14)(H,16,17)(H2,11,12,15,18). The summed E-state index contributed by atoms with van der Waals surface area (Å²) in [5, 5.41) is 8.89. The Bertz CT molecular complexity index is 763. The van der Waals surface area contributed by atoms with Crippen LogP contribution in [0.1, 0.15) is 12.8 Å². The van der Waals surface area contributed by atoms with Crippen LogP contribution in [0, 0.1) is 0 Å². The number of aliphatic carboxylic acids is 1. The molecule has 1 amide bonds. The van der Waals surface area contributed by atoms with Gasteiger partial charge in [-0.25, -0.2) is 13.2 Å². The lowest BCUT2D eigenvalue weighted by Crippen LogP contribution is -2.43. The molecule has 1 aromatic rings. The van der Waals surface area contributed by atoms with E-state index in [4.69, 9.17) is 10.8 Å². The molecule has 12 heteroatoms. The summed E-state index contributed by atoms with van der Waals surface area (Å²) in [5.41, 5.74) is 2.73. The Morgan fingerprint density at radius 3 is 2.48 bits per heavy atom. The second kappa shape index (κ2) is 6.32. The maximum absolute atomic E-state index is 11.9. The third kappa shape index (κ3) is 4.54. The number of hydrogen-bond acceptors (Lipinski definition) is 6. The van der Waals surface area contributed by atoms with Gasteiger partial charge in [-0.1, -0.05) is 0 Å². The number of hydrogen-bond donors (Lipinski definition) is 5. The molecule has 0 radical (unpaired) electrons. The average Bonchev–Trinajstić information content (AvgIpc) is 2.33. The number of aromatic amines is 2. The van der Waals surface area contributed by atoms with Crippen molar-refractivity contribution in [1.82, 2.24) is 14.7 Å². The third-order valence-electron chi connectivity index (χ3n) is 2.35. The maximum atomic E-state index is 11.9. The summed E-state index contributed by atoms with van der Waals surface area (Å²) in [6.07, 6.45) is -0.108. The highest BCUT2D eigenvalue weighted by Gasteiger charge is 2.27.